The Morgan fingerprint density at radius 2 is 2.14 bits per heavy atom. The third-order valence-corrected chi connectivity index (χ3v) is 3.53. The number of thioether (sulfide) groups is 1. The van der Waals surface area contributed by atoms with E-state index in [4.69, 9.17) is 9.84 Å². The van der Waals surface area contributed by atoms with Gasteiger partial charge < -0.3 is 20.1 Å². The summed E-state index contributed by atoms with van der Waals surface area (Å²) in [5.74, 6) is 0. The van der Waals surface area contributed by atoms with Crippen LogP contribution in [0, 0.1) is 0 Å². The molecule has 2 aliphatic heterocycles. The van der Waals surface area contributed by atoms with E-state index < -0.39 is 24.4 Å². The van der Waals surface area contributed by atoms with Crippen LogP contribution >= 0.6 is 11.8 Å². The maximum absolute atomic E-state index is 9.71. The molecule has 0 amide bonds. The van der Waals surface area contributed by atoms with Crippen LogP contribution in [0.1, 0.15) is 6.92 Å². The first-order chi connectivity index (χ1) is 6.63. The summed E-state index contributed by atoms with van der Waals surface area (Å²) in [5, 5.41) is 29.0. The molecule has 0 aliphatic carbocycles. The summed E-state index contributed by atoms with van der Waals surface area (Å²) in [6.45, 7) is 1.54. The molecule has 5 nitrogen and oxygen atoms in total. The van der Waals surface area contributed by atoms with E-state index in [1.54, 1.807) is 0 Å². The Morgan fingerprint density at radius 1 is 1.43 bits per heavy atom. The van der Waals surface area contributed by atoms with E-state index in [9.17, 15) is 10.2 Å². The normalized spacial score (nSPS) is 47.4. The summed E-state index contributed by atoms with van der Waals surface area (Å²) in [7, 11) is 0. The van der Waals surface area contributed by atoms with E-state index >= 15 is 0 Å². The van der Waals surface area contributed by atoms with Gasteiger partial charge in [-0.25, -0.2) is 0 Å². The summed E-state index contributed by atoms with van der Waals surface area (Å²) >= 11 is 1.42. The van der Waals surface area contributed by atoms with Crippen molar-refractivity contribution in [2.24, 2.45) is 4.99 Å². The molecule has 0 spiro atoms. The van der Waals surface area contributed by atoms with Crippen LogP contribution in [0.4, 0.5) is 0 Å². The van der Waals surface area contributed by atoms with Gasteiger partial charge in [-0.1, -0.05) is 11.8 Å². The van der Waals surface area contributed by atoms with Gasteiger partial charge in [-0.15, -0.1) is 0 Å². The Labute approximate surface area is 85.8 Å². The van der Waals surface area contributed by atoms with Gasteiger partial charge in [0.05, 0.1) is 11.7 Å². The van der Waals surface area contributed by atoms with E-state index in [0.717, 1.165) is 5.04 Å². The average molecular weight is 219 g/mol. The van der Waals surface area contributed by atoms with Crippen molar-refractivity contribution in [3.05, 3.63) is 0 Å². The Bertz CT molecular complexity index is 260. The molecule has 2 aliphatic rings. The number of rotatable bonds is 1. The summed E-state index contributed by atoms with van der Waals surface area (Å²) in [4.78, 5) is 4.17. The summed E-state index contributed by atoms with van der Waals surface area (Å²) in [6, 6.07) is -0.405. The highest BCUT2D eigenvalue weighted by Gasteiger charge is 2.47. The third-order valence-electron chi connectivity index (χ3n) is 2.47. The topological polar surface area (TPSA) is 82.3 Å². The largest absolute Gasteiger partial charge is 0.394 e. The zero-order valence-corrected chi connectivity index (χ0v) is 8.52. The van der Waals surface area contributed by atoms with Crippen molar-refractivity contribution >= 4 is 16.8 Å². The SMILES string of the molecule is CC1=N[C@H]2[C@@H](O)[C@H](O)[C@@H](CO)O[C@@H]2S1. The van der Waals surface area contributed by atoms with Crippen LogP contribution < -0.4 is 0 Å². The van der Waals surface area contributed by atoms with Crippen molar-refractivity contribution in [3.63, 3.8) is 0 Å². The van der Waals surface area contributed by atoms with E-state index in [2.05, 4.69) is 4.99 Å². The summed E-state index contributed by atoms with van der Waals surface area (Å²) in [5.41, 5.74) is -0.273. The molecule has 6 heteroatoms. The van der Waals surface area contributed by atoms with E-state index in [1.807, 2.05) is 6.92 Å². The summed E-state index contributed by atoms with van der Waals surface area (Å²) in [6.07, 6.45) is -2.72. The fourth-order valence-electron chi connectivity index (χ4n) is 1.71. The van der Waals surface area contributed by atoms with Gasteiger partial charge in [-0.3, -0.25) is 4.99 Å². The molecule has 0 aromatic rings. The van der Waals surface area contributed by atoms with Gasteiger partial charge in [-0.05, 0) is 6.92 Å². The first kappa shape index (κ1) is 10.4. The Hall–Kier alpha value is -0.140. The third kappa shape index (κ3) is 1.57. The number of hydrogen-bond acceptors (Lipinski definition) is 6. The number of hydrogen-bond donors (Lipinski definition) is 3. The fraction of sp³-hybridized carbons (Fsp3) is 0.875. The van der Waals surface area contributed by atoms with Gasteiger partial charge in [0.1, 0.15) is 29.8 Å². The first-order valence-corrected chi connectivity index (χ1v) is 5.35. The van der Waals surface area contributed by atoms with Gasteiger partial charge in [0.2, 0.25) is 0 Å². The molecular formula is C8H13NO4S. The molecule has 5 atom stereocenters. The van der Waals surface area contributed by atoms with Crippen molar-refractivity contribution in [2.75, 3.05) is 6.61 Å². The van der Waals surface area contributed by atoms with Gasteiger partial charge in [-0.2, -0.15) is 0 Å². The molecule has 3 N–H and O–H groups in total. The Balaban J connectivity index is 2.14. The fourth-order valence-corrected chi connectivity index (χ4v) is 2.79. The van der Waals surface area contributed by atoms with Crippen LogP contribution in [0.15, 0.2) is 4.99 Å². The maximum atomic E-state index is 9.71. The highest BCUT2D eigenvalue weighted by atomic mass is 32.2. The standard InChI is InChI=1S/C8H13NO4S/c1-3-9-5-7(12)6(11)4(2-10)13-8(5)14-3/h4-8,10-12H,2H2,1H3/t4-,5+,6-,7-,8-/m1/s1. The predicted octanol–water partition coefficient (Wildman–Crippen LogP) is -1.04. The second-order valence-electron chi connectivity index (χ2n) is 3.46. The Morgan fingerprint density at radius 3 is 2.79 bits per heavy atom. The molecule has 0 aromatic heterocycles. The molecule has 0 unspecified atom stereocenters. The first-order valence-electron chi connectivity index (χ1n) is 4.47. The lowest BCUT2D eigenvalue weighted by atomic mass is 9.99. The van der Waals surface area contributed by atoms with Crippen LogP contribution in [-0.4, -0.2) is 56.8 Å². The van der Waals surface area contributed by atoms with Crippen LogP contribution in [0.5, 0.6) is 0 Å². The van der Waals surface area contributed by atoms with Crippen molar-refractivity contribution in [2.45, 2.75) is 36.7 Å². The number of aliphatic hydroxyl groups excluding tert-OH is 3. The zero-order valence-electron chi connectivity index (χ0n) is 7.70. The number of nitrogens with zero attached hydrogens (tertiary/aromatic N) is 1. The number of aliphatic hydroxyl groups is 3. The lowest BCUT2D eigenvalue weighted by Crippen LogP contribution is -2.55. The lowest BCUT2D eigenvalue weighted by molar-refractivity contribution is -0.164. The molecule has 80 valence electrons. The van der Waals surface area contributed by atoms with Gasteiger partial charge in [0, 0.05) is 0 Å². The van der Waals surface area contributed by atoms with Crippen LogP contribution in [0.25, 0.3) is 0 Å². The van der Waals surface area contributed by atoms with Crippen molar-refractivity contribution in [1.82, 2.24) is 0 Å². The van der Waals surface area contributed by atoms with E-state index in [1.165, 1.54) is 11.8 Å². The minimum absolute atomic E-state index is 0.273. The molecule has 1 saturated heterocycles. The smallest absolute Gasteiger partial charge is 0.134 e. The number of fused-ring (bicyclic) bond motifs is 1. The molecule has 0 bridgehead atoms. The molecule has 0 aromatic carbocycles. The lowest BCUT2D eigenvalue weighted by Gasteiger charge is -2.37. The quantitative estimate of drug-likeness (QED) is 0.525. The monoisotopic (exact) mass is 219 g/mol. The average Bonchev–Trinajstić information content (AvgIpc) is 2.52. The van der Waals surface area contributed by atoms with Crippen LogP contribution in [-0.2, 0) is 4.74 Å². The number of ether oxygens (including phenoxy) is 1. The van der Waals surface area contributed by atoms with Crippen LogP contribution in [0.3, 0.4) is 0 Å². The van der Waals surface area contributed by atoms with Crippen molar-refractivity contribution in [3.8, 4) is 0 Å². The second-order valence-corrected chi connectivity index (χ2v) is 4.75. The zero-order chi connectivity index (χ0) is 10.3. The van der Waals surface area contributed by atoms with Crippen molar-refractivity contribution in [1.29, 1.82) is 0 Å². The molecule has 14 heavy (non-hydrogen) atoms. The molecular weight excluding hydrogens is 206 g/mol. The highest BCUT2D eigenvalue weighted by Crippen LogP contribution is 2.36. The highest BCUT2D eigenvalue weighted by molar-refractivity contribution is 8.14. The molecule has 0 radical (unpaired) electrons. The van der Waals surface area contributed by atoms with E-state index in [-0.39, 0.29) is 12.0 Å². The minimum Gasteiger partial charge on any atom is -0.394 e. The predicted molar refractivity (Wildman–Crippen MR) is 52.2 cm³/mol. The maximum Gasteiger partial charge on any atom is 0.134 e. The van der Waals surface area contributed by atoms with Gasteiger partial charge in [0.15, 0.2) is 0 Å². The van der Waals surface area contributed by atoms with Gasteiger partial charge >= 0.3 is 0 Å². The molecule has 2 rings (SSSR count). The second kappa shape index (κ2) is 3.79. The minimum atomic E-state index is -1.06. The Kier molecular flexibility index (Phi) is 2.81. The molecule has 1 fully saturated rings. The van der Waals surface area contributed by atoms with E-state index in [0.29, 0.717) is 0 Å². The number of aliphatic imine (C=N–C) groups is 1. The molecule has 0 saturated carbocycles. The van der Waals surface area contributed by atoms with Gasteiger partial charge in [0.25, 0.3) is 0 Å². The molecule has 2 heterocycles. The van der Waals surface area contributed by atoms with Crippen molar-refractivity contribution < 1.29 is 20.1 Å². The van der Waals surface area contributed by atoms with Crippen LogP contribution in [0.2, 0.25) is 0 Å². The summed E-state index contributed by atoms with van der Waals surface area (Å²) < 4.78 is 5.40.